The number of hydrogen-bond acceptors (Lipinski definition) is 2. The van der Waals surface area contributed by atoms with Crippen molar-refractivity contribution in [2.75, 3.05) is 0 Å². The molecule has 0 saturated carbocycles. The van der Waals surface area contributed by atoms with Crippen molar-refractivity contribution in [1.82, 2.24) is 9.78 Å². The Kier molecular flexibility index (Phi) is 2.40. The second-order valence-electron chi connectivity index (χ2n) is 3.65. The molecule has 1 aromatic heterocycles. The van der Waals surface area contributed by atoms with Gasteiger partial charge in [0.15, 0.2) is 5.69 Å². The normalized spacial score (nSPS) is 15.9. The molecule has 0 unspecified atom stereocenters. The third-order valence-electron chi connectivity index (χ3n) is 2.57. The molecule has 0 spiro atoms. The Bertz CT molecular complexity index is 437. The minimum Gasteiger partial charge on any atom is -0.478 e. The van der Waals surface area contributed by atoms with Crippen LogP contribution in [0.4, 0.5) is 13.2 Å². The van der Waals surface area contributed by atoms with E-state index in [0.29, 0.717) is 19.4 Å². The van der Waals surface area contributed by atoms with E-state index in [9.17, 15) is 18.0 Å². The molecule has 16 heavy (non-hydrogen) atoms. The molecule has 0 radical (unpaired) electrons. The molecule has 7 heteroatoms. The predicted molar refractivity (Wildman–Crippen MR) is 47.1 cm³/mol. The highest BCUT2D eigenvalue weighted by Crippen LogP contribution is 2.34. The second-order valence-corrected chi connectivity index (χ2v) is 3.65. The van der Waals surface area contributed by atoms with Crippen molar-refractivity contribution in [3.63, 3.8) is 0 Å². The van der Waals surface area contributed by atoms with Crippen LogP contribution >= 0.6 is 0 Å². The fourth-order valence-electron chi connectivity index (χ4n) is 1.91. The minimum absolute atomic E-state index is 0.186. The quantitative estimate of drug-likeness (QED) is 0.807. The molecule has 0 bridgehead atoms. The van der Waals surface area contributed by atoms with E-state index >= 15 is 0 Å². The van der Waals surface area contributed by atoms with Crippen LogP contribution in [0.2, 0.25) is 0 Å². The molecule has 1 aliphatic heterocycles. The van der Waals surface area contributed by atoms with Crippen LogP contribution in [0.15, 0.2) is 0 Å². The highest BCUT2D eigenvalue weighted by molar-refractivity contribution is 5.90. The molecule has 0 atom stereocenters. The van der Waals surface area contributed by atoms with Gasteiger partial charge >= 0.3 is 12.1 Å². The van der Waals surface area contributed by atoms with Gasteiger partial charge in [0.05, 0.1) is 5.69 Å². The third-order valence-corrected chi connectivity index (χ3v) is 2.57. The Balaban J connectivity index is 2.61. The van der Waals surface area contributed by atoms with Gasteiger partial charge in [0.1, 0.15) is 5.56 Å². The van der Waals surface area contributed by atoms with E-state index in [-0.39, 0.29) is 5.69 Å². The van der Waals surface area contributed by atoms with Crippen LogP contribution in [-0.4, -0.2) is 20.9 Å². The predicted octanol–water partition coefficient (Wildman–Crippen LogP) is 1.94. The number of nitrogens with zero attached hydrogens (tertiary/aromatic N) is 2. The smallest absolute Gasteiger partial charge is 0.436 e. The van der Waals surface area contributed by atoms with Gasteiger partial charge in [-0.1, -0.05) is 0 Å². The summed E-state index contributed by atoms with van der Waals surface area (Å²) in [4.78, 5) is 10.8. The minimum atomic E-state index is -4.71. The highest BCUT2D eigenvalue weighted by atomic mass is 19.4. The fraction of sp³-hybridized carbons (Fsp3) is 0.556. The number of carbonyl (C=O) groups is 1. The van der Waals surface area contributed by atoms with Crippen molar-refractivity contribution in [3.05, 3.63) is 17.0 Å². The molecule has 1 aromatic rings. The van der Waals surface area contributed by atoms with E-state index in [1.807, 2.05) is 0 Å². The van der Waals surface area contributed by atoms with E-state index in [4.69, 9.17) is 5.11 Å². The fourth-order valence-corrected chi connectivity index (χ4v) is 1.91. The molecular formula is C9H9F3N2O2. The van der Waals surface area contributed by atoms with Crippen LogP contribution in [0.5, 0.6) is 0 Å². The first-order chi connectivity index (χ1) is 7.41. The van der Waals surface area contributed by atoms with E-state index in [2.05, 4.69) is 5.10 Å². The molecule has 4 nitrogen and oxygen atoms in total. The van der Waals surface area contributed by atoms with Crippen molar-refractivity contribution in [1.29, 1.82) is 0 Å². The molecule has 1 N–H and O–H groups in total. The van der Waals surface area contributed by atoms with Crippen molar-refractivity contribution in [3.8, 4) is 0 Å². The first-order valence-electron chi connectivity index (χ1n) is 4.81. The van der Waals surface area contributed by atoms with Crippen molar-refractivity contribution in [2.45, 2.75) is 32.0 Å². The van der Waals surface area contributed by atoms with Crippen LogP contribution in [0.1, 0.15) is 34.6 Å². The number of hydrogen-bond donors (Lipinski definition) is 1. The standard InChI is InChI=1S/C9H9F3N2O2/c10-9(11,12)7-6(8(15)16)5-3-1-2-4-14(5)13-7/h1-4H2,(H,15,16). The van der Waals surface area contributed by atoms with Gasteiger partial charge in [-0.15, -0.1) is 0 Å². The lowest BCUT2D eigenvalue weighted by Crippen LogP contribution is -2.14. The molecule has 2 rings (SSSR count). The zero-order valence-electron chi connectivity index (χ0n) is 8.21. The van der Waals surface area contributed by atoms with Gasteiger partial charge in [-0.3, -0.25) is 4.68 Å². The summed E-state index contributed by atoms with van der Waals surface area (Å²) in [5.41, 5.74) is -1.78. The largest absolute Gasteiger partial charge is 0.478 e. The molecule has 2 heterocycles. The molecule has 0 aromatic carbocycles. The van der Waals surface area contributed by atoms with Crippen LogP contribution in [-0.2, 0) is 19.1 Å². The van der Waals surface area contributed by atoms with Gasteiger partial charge in [-0.05, 0) is 19.3 Å². The zero-order valence-corrected chi connectivity index (χ0v) is 8.21. The van der Waals surface area contributed by atoms with E-state index < -0.39 is 23.4 Å². The van der Waals surface area contributed by atoms with Crippen molar-refractivity contribution < 1.29 is 23.1 Å². The Morgan fingerprint density at radius 3 is 2.62 bits per heavy atom. The molecular weight excluding hydrogens is 225 g/mol. The lowest BCUT2D eigenvalue weighted by molar-refractivity contribution is -0.142. The number of aryl methyl sites for hydroxylation is 1. The van der Waals surface area contributed by atoms with Gasteiger partial charge in [-0.2, -0.15) is 18.3 Å². The SMILES string of the molecule is O=C(O)c1c(C(F)(F)F)nn2c1CCCC2. The lowest BCUT2D eigenvalue weighted by Gasteiger charge is -2.13. The average Bonchev–Trinajstić information content (AvgIpc) is 2.55. The Morgan fingerprint density at radius 2 is 2.06 bits per heavy atom. The number of alkyl halides is 3. The summed E-state index contributed by atoms with van der Waals surface area (Å²) < 4.78 is 38.8. The van der Waals surface area contributed by atoms with E-state index in [0.717, 1.165) is 11.1 Å². The first-order valence-corrected chi connectivity index (χ1v) is 4.81. The zero-order chi connectivity index (χ0) is 11.9. The number of rotatable bonds is 1. The molecule has 0 aliphatic carbocycles. The summed E-state index contributed by atoms with van der Waals surface area (Å²) in [5.74, 6) is -1.56. The number of aromatic carboxylic acids is 1. The monoisotopic (exact) mass is 234 g/mol. The number of carboxylic acids is 1. The maximum Gasteiger partial charge on any atom is 0.436 e. The van der Waals surface area contributed by atoms with Gasteiger partial charge in [-0.25, -0.2) is 4.79 Å². The Hall–Kier alpha value is -1.53. The lowest BCUT2D eigenvalue weighted by atomic mass is 10.0. The topological polar surface area (TPSA) is 55.1 Å². The summed E-state index contributed by atoms with van der Waals surface area (Å²) in [5, 5.41) is 12.2. The first kappa shape index (κ1) is 11.0. The molecule has 1 aliphatic rings. The number of fused-ring (bicyclic) bond motifs is 1. The van der Waals surface area contributed by atoms with Crippen LogP contribution < -0.4 is 0 Å². The molecule has 88 valence electrons. The Labute approximate surface area is 88.7 Å². The van der Waals surface area contributed by atoms with E-state index in [1.54, 1.807) is 0 Å². The van der Waals surface area contributed by atoms with E-state index in [1.165, 1.54) is 0 Å². The van der Waals surface area contributed by atoms with Gasteiger partial charge in [0.25, 0.3) is 0 Å². The third kappa shape index (κ3) is 1.66. The summed E-state index contributed by atoms with van der Waals surface area (Å²) in [7, 11) is 0. The molecule has 0 fully saturated rings. The molecule has 0 saturated heterocycles. The average molecular weight is 234 g/mol. The molecule has 0 amide bonds. The maximum absolute atomic E-state index is 12.6. The van der Waals surface area contributed by atoms with Crippen molar-refractivity contribution >= 4 is 5.97 Å². The van der Waals surface area contributed by atoms with Crippen LogP contribution in [0.3, 0.4) is 0 Å². The summed E-state index contributed by atoms with van der Waals surface area (Å²) in [6.45, 7) is 0.353. The van der Waals surface area contributed by atoms with Crippen molar-refractivity contribution in [2.24, 2.45) is 0 Å². The summed E-state index contributed by atoms with van der Waals surface area (Å²) in [6, 6.07) is 0. The summed E-state index contributed by atoms with van der Waals surface area (Å²) >= 11 is 0. The Morgan fingerprint density at radius 1 is 1.38 bits per heavy atom. The summed E-state index contributed by atoms with van der Waals surface area (Å²) in [6.07, 6.45) is -2.95. The van der Waals surface area contributed by atoms with Crippen LogP contribution in [0, 0.1) is 0 Å². The van der Waals surface area contributed by atoms with Crippen LogP contribution in [0.25, 0.3) is 0 Å². The van der Waals surface area contributed by atoms with Gasteiger partial charge < -0.3 is 5.11 Å². The maximum atomic E-state index is 12.6. The van der Waals surface area contributed by atoms with Gasteiger partial charge in [0, 0.05) is 6.54 Å². The van der Waals surface area contributed by atoms with Gasteiger partial charge in [0.2, 0.25) is 0 Å². The second kappa shape index (κ2) is 3.50. The highest BCUT2D eigenvalue weighted by Gasteiger charge is 2.41. The number of aromatic nitrogens is 2. The number of halogens is 3. The number of carboxylic acid groups (broad SMARTS) is 1.